The van der Waals surface area contributed by atoms with Crippen molar-refractivity contribution in [1.82, 2.24) is 4.57 Å². The van der Waals surface area contributed by atoms with E-state index in [1.165, 1.54) is 10.8 Å². The average molecular weight is 273 g/mol. The van der Waals surface area contributed by atoms with Gasteiger partial charge in [0.1, 0.15) is 5.54 Å². The van der Waals surface area contributed by atoms with Crippen molar-refractivity contribution in [3.8, 4) is 0 Å². The van der Waals surface area contributed by atoms with Crippen molar-refractivity contribution in [1.29, 1.82) is 0 Å². The maximum Gasteiger partial charge on any atom is 0.411 e. The molecule has 2 aliphatic carbocycles. The molecule has 3 rings (SSSR count). The van der Waals surface area contributed by atoms with Crippen molar-refractivity contribution in [3.63, 3.8) is 0 Å². The number of aliphatic hydroxyl groups excluding tert-OH is 1. The van der Waals surface area contributed by atoms with Crippen LogP contribution in [0.2, 0.25) is 0 Å². The van der Waals surface area contributed by atoms with Crippen LogP contribution in [0.5, 0.6) is 0 Å². The second-order valence-electron chi connectivity index (χ2n) is 6.68. The molecule has 1 aromatic rings. The summed E-state index contributed by atoms with van der Waals surface area (Å²) in [6.07, 6.45) is -1.87. The van der Waals surface area contributed by atoms with Crippen molar-refractivity contribution >= 4 is 0 Å². The van der Waals surface area contributed by atoms with E-state index in [2.05, 4.69) is 0 Å². The van der Waals surface area contributed by atoms with E-state index >= 15 is 0 Å². The molecule has 0 radical (unpaired) electrons. The van der Waals surface area contributed by atoms with Crippen LogP contribution in [0.15, 0.2) is 12.3 Å². The van der Waals surface area contributed by atoms with Gasteiger partial charge in [-0.3, -0.25) is 0 Å². The molecule has 0 bridgehead atoms. The summed E-state index contributed by atoms with van der Waals surface area (Å²) in [5.74, 6) is 0. The van der Waals surface area contributed by atoms with Crippen molar-refractivity contribution in [2.45, 2.75) is 57.3 Å². The van der Waals surface area contributed by atoms with E-state index in [0.717, 1.165) is 0 Å². The molecule has 1 N–H and O–H groups in total. The largest absolute Gasteiger partial charge is 0.411 e. The van der Waals surface area contributed by atoms with Crippen LogP contribution in [-0.2, 0) is 12.0 Å². The summed E-state index contributed by atoms with van der Waals surface area (Å²) >= 11 is 0. The van der Waals surface area contributed by atoms with Crippen LogP contribution >= 0.6 is 0 Å². The number of alkyl halides is 3. The smallest absolute Gasteiger partial charge is 0.388 e. The quantitative estimate of drug-likeness (QED) is 0.831. The van der Waals surface area contributed by atoms with Gasteiger partial charge in [0.2, 0.25) is 0 Å². The molecular formula is C14H18F3NO. The number of rotatable bonds is 1. The van der Waals surface area contributed by atoms with Crippen molar-refractivity contribution in [3.05, 3.63) is 23.5 Å². The first-order chi connectivity index (χ1) is 8.66. The summed E-state index contributed by atoms with van der Waals surface area (Å²) in [5.41, 5.74) is -0.536. The van der Waals surface area contributed by atoms with E-state index in [-0.39, 0.29) is 18.3 Å². The van der Waals surface area contributed by atoms with Gasteiger partial charge in [0, 0.05) is 17.5 Å². The fraction of sp³-hybridized carbons (Fsp3) is 0.714. The Morgan fingerprint density at radius 1 is 1.32 bits per heavy atom. The minimum Gasteiger partial charge on any atom is -0.388 e. The van der Waals surface area contributed by atoms with Gasteiger partial charge in [-0.1, -0.05) is 13.8 Å². The molecule has 1 heterocycles. The van der Waals surface area contributed by atoms with Crippen LogP contribution in [0.4, 0.5) is 13.2 Å². The number of aromatic nitrogens is 1. The number of hydrogen-bond acceptors (Lipinski definition) is 1. The third-order valence-corrected chi connectivity index (χ3v) is 4.49. The first kappa shape index (κ1) is 13.0. The highest BCUT2D eigenvalue weighted by atomic mass is 19.4. The van der Waals surface area contributed by atoms with Gasteiger partial charge in [0.15, 0.2) is 0 Å². The van der Waals surface area contributed by atoms with Crippen LogP contribution < -0.4 is 0 Å². The van der Waals surface area contributed by atoms with E-state index in [1.54, 1.807) is 6.07 Å². The lowest BCUT2D eigenvalue weighted by molar-refractivity contribution is -0.180. The molecule has 19 heavy (non-hydrogen) atoms. The Morgan fingerprint density at radius 2 is 1.95 bits per heavy atom. The Hall–Kier alpha value is -0.970. The Balaban J connectivity index is 2.08. The van der Waals surface area contributed by atoms with Gasteiger partial charge in [0.05, 0.1) is 6.10 Å². The Bertz CT molecular complexity index is 511. The van der Waals surface area contributed by atoms with Gasteiger partial charge in [-0.15, -0.1) is 0 Å². The topological polar surface area (TPSA) is 25.2 Å². The molecule has 0 amide bonds. The molecule has 0 aromatic carbocycles. The summed E-state index contributed by atoms with van der Waals surface area (Å²) in [6.45, 7) is 3.98. The SMILES string of the molecule is CC1(C)Cc2c(ccn2C2(C(F)(F)F)CC2)C(O)C1. The number of fused-ring (bicyclic) bond motifs is 1. The van der Waals surface area contributed by atoms with Gasteiger partial charge in [-0.25, -0.2) is 0 Å². The molecule has 1 unspecified atom stereocenters. The van der Waals surface area contributed by atoms with Crippen LogP contribution in [-0.4, -0.2) is 15.8 Å². The molecular weight excluding hydrogens is 255 g/mol. The number of halogens is 3. The van der Waals surface area contributed by atoms with E-state index in [4.69, 9.17) is 0 Å². The number of nitrogens with zero attached hydrogens (tertiary/aromatic N) is 1. The lowest BCUT2D eigenvalue weighted by Gasteiger charge is -2.35. The standard InChI is InChI=1S/C14H18F3NO/c1-12(2)7-10-9(11(19)8-12)3-6-18(10)13(4-5-13)14(15,16)17/h3,6,11,19H,4-5,7-8H2,1-2H3. The van der Waals surface area contributed by atoms with Gasteiger partial charge >= 0.3 is 6.18 Å². The first-order valence-corrected chi connectivity index (χ1v) is 6.62. The number of hydrogen-bond donors (Lipinski definition) is 1. The van der Waals surface area contributed by atoms with E-state index in [9.17, 15) is 18.3 Å². The summed E-state index contributed by atoms with van der Waals surface area (Å²) < 4.78 is 41.1. The van der Waals surface area contributed by atoms with Gasteiger partial charge in [-0.2, -0.15) is 13.2 Å². The van der Waals surface area contributed by atoms with Gasteiger partial charge in [0.25, 0.3) is 0 Å². The average Bonchev–Trinajstić information content (AvgIpc) is 2.93. The highest BCUT2D eigenvalue weighted by molar-refractivity contribution is 5.32. The first-order valence-electron chi connectivity index (χ1n) is 6.62. The summed E-state index contributed by atoms with van der Waals surface area (Å²) in [4.78, 5) is 0. The van der Waals surface area contributed by atoms with E-state index in [1.807, 2.05) is 13.8 Å². The lowest BCUT2D eigenvalue weighted by atomic mass is 9.75. The second-order valence-corrected chi connectivity index (χ2v) is 6.68. The van der Waals surface area contributed by atoms with Crippen LogP contribution in [0, 0.1) is 5.41 Å². The minimum atomic E-state index is -4.22. The van der Waals surface area contributed by atoms with Gasteiger partial charge in [-0.05, 0) is 37.2 Å². The Morgan fingerprint density at radius 3 is 2.47 bits per heavy atom. The maximum absolute atomic E-state index is 13.2. The van der Waals surface area contributed by atoms with Crippen LogP contribution in [0.25, 0.3) is 0 Å². The fourth-order valence-corrected chi connectivity index (χ4v) is 3.31. The molecule has 0 spiro atoms. The highest BCUT2D eigenvalue weighted by Crippen LogP contribution is 2.57. The molecule has 0 aliphatic heterocycles. The van der Waals surface area contributed by atoms with Crippen molar-refractivity contribution in [2.75, 3.05) is 0 Å². The molecule has 2 nitrogen and oxygen atoms in total. The molecule has 1 fully saturated rings. The normalized spacial score (nSPS) is 28.0. The molecule has 106 valence electrons. The fourth-order valence-electron chi connectivity index (χ4n) is 3.31. The lowest BCUT2D eigenvalue weighted by Crippen LogP contribution is -2.37. The third-order valence-electron chi connectivity index (χ3n) is 4.49. The van der Waals surface area contributed by atoms with Crippen molar-refractivity contribution < 1.29 is 18.3 Å². The summed E-state index contributed by atoms with van der Waals surface area (Å²) in [6, 6.07) is 1.65. The van der Waals surface area contributed by atoms with E-state index < -0.39 is 17.8 Å². The van der Waals surface area contributed by atoms with Crippen molar-refractivity contribution in [2.24, 2.45) is 5.41 Å². The van der Waals surface area contributed by atoms with Crippen LogP contribution in [0.1, 0.15) is 50.5 Å². The summed E-state index contributed by atoms with van der Waals surface area (Å²) in [5, 5.41) is 10.1. The zero-order valence-corrected chi connectivity index (χ0v) is 11.1. The molecule has 5 heteroatoms. The predicted octanol–water partition coefficient (Wildman–Crippen LogP) is 3.55. The third kappa shape index (κ3) is 1.82. The van der Waals surface area contributed by atoms with Crippen LogP contribution in [0.3, 0.4) is 0 Å². The summed E-state index contributed by atoms with van der Waals surface area (Å²) in [7, 11) is 0. The molecule has 0 saturated heterocycles. The highest BCUT2D eigenvalue weighted by Gasteiger charge is 2.65. The molecule has 1 aromatic heterocycles. The molecule has 1 atom stereocenters. The zero-order valence-electron chi connectivity index (χ0n) is 11.1. The predicted molar refractivity (Wildman–Crippen MR) is 64.8 cm³/mol. The van der Waals surface area contributed by atoms with Gasteiger partial charge < -0.3 is 9.67 Å². The Labute approximate surface area is 110 Å². The maximum atomic E-state index is 13.2. The monoisotopic (exact) mass is 273 g/mol. The molecule has 1 saturated carbocycles. The minimum absolute atomic E-state index is 0.147. The molecule has 2 aliphatic rings. The Kier molecular flexibility index (Phi) is 2.45. The second kappa shape index (κ2) is 3.57. The van der Waals surface area contributed by atoms with E-state index in [0.29, 0.717) is 24.1 Å². The zero-order chi connectivity index (χ0) is 14.1. The number of aliphatic hydroxyl groups is 1.